The summed E-state index contributed by atoms with van der Waals surface area (Å²) in [6.45, 7) is 2.85. The molecule has 1 amide bonds. The predicted molar refractivity (Wildman–Crippen MR) is 96.0 cm³/mol. The molecule has 0 aliphatic carbocycles. The fraction of sp³-hybridized carbons (Fsp3) is 0.294. The van der Waals surface area contributed by atoms with Crippen LogP contribution in [0.5, 0.6) is 5.75 Å². The molecule has 0 saturated carbocycles. The number of fused-ring (bicyclic) bond motifs is 1. The minimum absolute atomic E-state index is 0.0660. The summed E-state index contributed by atoms with van der Waals surface area (Å²) in [4.78, 5) is 14.2. The lowest BCUT2D eigenvalue weighted by molar-refractivity contribution is -0.112. The van der Waals surface area contributed by atoms with Gasteiger partial charge in [-0.25, -0.2) is 8.42 Å². The van der Waals surface area contributed by atoms with E-state index in [0.717, 1.165) is 6.42 Å². The van der Waals surface area contributed by atoms with E-state index in [9.17, 15) is 13.2 Å². The van der Waals surface area contributed by atoms with E-state index in [1.807, 2.05) is 19.1 Å². The van der Waals surface area contributed by atoms with Crippen molar-refractivity contribution in [3.05, 3.63) is 48.2 Å². The summed E-state index contributed by atoms with van der Waals surface area (Å²) < 4.78 is 32.4. The van der Waals surface area contributed by atoms with Crippen LogP contribution in [0.15, 0.2) is 52.6 Å². The third kappa shape index (κ3) is 4.08. The molecule has 8 heteroatoms. The number of ether oxygens (including phenoxy) is 1. The van der Waals surface area contributed by atoms with Crippen LogP contribution in [0.4, 0.5) is 5.69 Å². The summed E-state index contributed by atoms with van der Waals surface area (Å²) >= 11 is 0. The fourth-order valence-corrected chi connectivity index (χ4v) is 3.41. The molecule has 1 aromatic carbocycles. The molecule has 3 rings (SSSR count). The van der Waals surface area contributed by atoms with Crippen molar-refractivity contribution in [1.29, 1.82) is 0 Å². The number of hydrogen-bond donors (Lipinski definition) is 1. The molecule has 0 aromatic heterocycles. The second kappa shape index (κ2) is 7.10. The van der Waals surface area contributed by atoms with Crippen molar-refractivity contribution in [3.8, 4) is 5.75 Å². The van der Waals surface area contributed by atoms with Gasteiger partial charge in [0.05, 0.1) is 23.6 Å². The van der Waals surface area contributed by atoms with Gasteiger partial charge >= 0.3 is 0 Å². The number of carbonyl (C=O) groups is 1. The molecule has 0 unspecified atom stereocenters. The van der Waals surface area contributed by atoms with Crippen molar-refractivity contribution in [2.45, 2.75) is 13.3 Å². The molecule has 0 bridgehead atoms. The average molecular weight is 361 g/mol. The average Bonchev–Trinajstić information content (AvgIpc) is 2.59. The highest BCUT2D eigenvalue weighted by atomic mass is 32.2. The number of nitrogens with one attached hydrogen (secondary N) is 1. The first-order valence-corrected chi connectivity index (χ1v) is 9.62. The summed E-state index contributed by atoms with van der Waals surface area (Å²) in [6.07, 6.45) is 5.57. The number of benzene rings is 1. The Morgan fingerprint density at radius 2 is 2.12 bits per heavy atom. The second-order valence-electron chi connectivity index (χ2n) is 5.65. The van der Waals surface area contributed by atoms with Crippen LogP contribution in [-0.2, 0) is 14.8 Å². The topological polar surface area (TPSA) is 88.1 Å². The van der Waals surface area contributed by atoms with Gasteiger partial charge in [0.2, 0.25) is 0 Å². The number of hydrogen-bond acceptors (Lipinski definition) is 5. The van der Waals surface area contributed by atoms with E-state index in [-0.39, 0.29) is 18.2 Å². The minimum atomic E-state index is -3.41. The van der Waals surface area contributed by atoms with E-state index < -0.39 is 10.0 Å². The van der Waals surface area contributed by atoms with E-state index in [0.29, 0.717) is 29.5 Å². The lowest BCUT2D eigenvalue weighted by Crippen LogP contribution is -2.37. The third-order valence-electron chi connectivity index (χ3n) is 3.68. The first kappa shape index (κ1) is 17.2. The van der Waals surface area contributed by atoms with Gasteiger partial charge in [-0.05, 0) is 30.7 Å². The van der Waals surface area contributed by atoms with Gasteiger partial charge in [0, 0.05) is 12.7 Å². The molecule has 0 saturated heterocycles. The molecule has 0 fully saturated rings. The zero-order chi connectivity index (χ0) is 17.9. The first-order valence-electron chi connectivity index (χ1n) is 8.01. The molecule has 132 valence electrons. The molecular weight excluding hydrogens is 342 g/mol. The number of para-hydroxylation sites is 2. The zero-order valence-corrected chi connectivity index (χ0v) is 14.6. The van der Waals surface area contributed by atoms with Crippen LogP contribution in [0.3, 0.4) is 0 Å². The van der Waals surface area contributed by atoms with Crippen molar-refractivity contribution in [3.63, 3.8) is 0 Å². The van der Waals surface area contributed by atoms with Gasteiger partial charge in [-0.1, -0.05) is 19.1 Å². The molecule has 2 aliphatic heterocycles. The maximum absolute atomic E-state index is 12.5. The van der Waals surface area contributed by atoms with Crippen molar-refractivity contribution < 1.29 is 17.9 Å². The molecule has 0 spiro atoms. The molecule has 2 heterocycles. The quantitative estimate of drug-likeness (QED) is 0.865. The highest BCUT2D eigenvalue weighted by molar-refractivity contribution is 7.90. The van der Waals surface area contributed by atoms with Gasteiger partial charge in [0.1, 0.15) is 11.6 Å². The number of sulfonamides is 1. The Kier molecular flexibility index (Phi) is 4.89. The Hall–Kier alpha value is -2.61. The predicted octanol–water partition coefficient (Wildman–Crippen LogP) is 1.91. The van der Waals surface area contributed by atoms with E-state index in [1.54, 1.807) is 29.3 Å². The maximum atomic E-state index is 12.5. The van der Waals surface area contributed by atoms with Crippen LogP contribution in [-0.4, -0.2) is 44.0 Å². The van der Waals surface area contributed by atoms with Gasteiger partial charge in [-0.3, -0.25) is 4.79 Å². The Morgan fingerprint density at radius 1 is 1.32 bits per heavy atom. The van der Waals surface area contributed by atoms with Crippen molar-refractivity contribution in [2.75, 3.05) is 24.2 Å². The van der Waals surface area contributed by atoms with Gasteiger partial charge in [-0.2, -0.15) is 0 Å². The molecule has 1 aromatic rings. The van der Waals surface area contributed by atoms with Gasteiger partial charge in [0.15, 0.2) is 0 Å². The van der Waals surface area contributed by atoms with E-state index in [2.05, 4.69) is 9.71 Å². The standard InChI is InChI=1S/C17H19N3O4S/c1-2-10-24-15-6-4-3-5-14(15)18-17(21)13-7-8-16-19-25(22,23)11-9-20(16)12-13/h3-8,12H,2,9-11H2,1H3,(H,18,21). The normalized spacial score (nSPS) is 18.0. The maximum Gasteiger partial charge on any atom is 0.257 e. The number of nitrogens with zero attached hydrogens (tertiary/aromatic N) is 2. The highest BCUT2D eigenvalue weighted by Crippen LogP contribution is 2.25. The number of amidine groups is 1. The second-order valence-corrected chi connectivity index (χ2v) is 7.40. The van der Waals surface area contributed by atoms with Crippen LogP contribution >= 0.6 is 0 Å². The molecule has 2 aliphatic rings. The third-order valence-corrected chi connectivity index (χ3v) is 4.85. The van der Waals surface area contributed by atoms with Crippen molar-refractivity contribution in [2.24, 2.45) is 4.40 Å². The van der Waals surface area contributed by atoms with Crippen LogP contribution in [0.25, 0.3) is 0 Å². The summed E-state index contributed by atoms with van der Waals surface area (Å²) in [5.41, 5.74) is 1.01. The number of carbonyl (C=O) groups excluding carboxylic acids is 1. The van der Waals surface area contributed by atoms with Crippen molar-refractivity contribution >= 4 is 27.5 Å². The zero-order valence-electron chi connectivity index (χ0n) is 13.8. The molecule has 7 nitrogen and oxygen atoms in total. The summed E-state index contributed by atoms with van der Waals surface area (Å²) in [5.74, 6) is 0.582. The van der Waals surface area contributed by atoms with Gasteiger partial charge in [0.25, 0.3) is 15.9 Å². The minimum Gasteiger partial charge on any atom is -0.491 e. The lowest BCUT2D eigenvalue weighted by Gasteiger charge is -2.27. The van der Waals surface area contributed by atoms with Crippen LogP contribution in [0.1, 0.15) is 13.3 Å². The largest absolute Gasteiger partial charge is 0.491 e. The molecular formula is C17H19N3O4S. The van der Waals surface area contributed by atoms with E-state index in [4.69, 9.17) is 4.74 Å². The Bertz CT molecular complexity index is 872. The summed E-state index contributed by atoms with van der Waals surface area (Å²) in [7, 11) is -3.41. The molecule has 0 atom stereocenters. The SMILES string of the molecule is CCCOc1ccccc1NC(=O)C1=CN2CCS(=O)(=O)N=C2C=C1. The van der Waals surface area contributed by atoms with Crippen molar-refractivity contribution in [1.82, 2.24) is 4.90 Å². The number of rotatable bonds is 5. The Balaban J connectivity index is 1.75. The van der Waals surface area contributed by atoms with Crippen LogP contribution in [0.2, 0.25) is 0 Å². The summed E-state index contributed by atoms with van der Waals surface area (Å²) in [6, 6.07) is 7.24. The molecule has 1 N–H and O–H groups in total. The summed E-state index contributed by atoms with van der Waals surface area (Å²) in [5, 5.41) is 2.83. The van der Waals surface area contributed by atoms with E-state index >= 15 is 0 Å². The fourth-order valence-electron chi connectivity index (χ4n) is 2.44. The molecule has 25 heavy (non-hydrogen) atoms. The number of anilines is 1. The van der Waals surface area contributed by atoms with Crippen LogP contribution in [0, 0.1) is 0 Å². The number of amides is 1. The monoisotopic (exact) mass is 361 g/mol. The Morgan fingerprint density at radius 3 is 2.92 bits per heavy atom. The Labute approximate surface area is 146 Å². The first-order chi connectivity index (χ1) is 12.0. The smallest absolute Gasteiger partial charge is 0.257 e. The van der Waals surface area contributed by atoms with Gasteiger partial charge in [-0.15, -0.1) is 4.40 Å². The highest BCUT2D eigenvalue weighted by Gasteiger charge is 2.25. The lowest BCUT2D eigenvalue weighted by atomic mass is 10.1. The van der Waals surface area contributed by atoms with E-state index in [1.165, 1.54) is 6.08 Å². The van der Waals surface area contributed by atoms with Crippen LogP contribution < -0.4 is 10.1 Å². The molecule has 0 radical (unpaired) electrons. The van der Waals surface area contributed by atoms with Gasteiger partial charge < -0.3 is 15.0 Å².